The molecule has 0 aliphatic heterocycles. The number of aromatic nitrogens is 4. The average molecular weight is 445 g/mol. The van der Waals surface area contributed by atoms with E-state index in [4.69, 9.17) is 0 Å². The molecule has 3 rings (SSSR count). The Morgan fingerprint density at radius 2 is 1.71 bits per heavy atom. The largest absolute Gasteiger partial charge is 0.506 e. The van der Waals surface area contributed by atoms with Crippen LogP contribution >= 0.6 is 15.9 Å². The monoisotopic (exact) mass is 444 g/mol. The number of halogens is 1. The summed E-state index contributed by atoms with van der Waals surface area (Å²) >= 11 is 3.15. The van der Waals surface area contributed by atoms with Gasteiger partial charge < -0.3 is 10.2 Å². The minimum Gasteiger partial charge on any atom is -0.506 e. The molecule has 0 bridgehead atoms. The molecule has 0 aromatic carbocycles. The van der Waals surface area contributed by atoms with Crippen LogP contribution in [0.3, 0.4) is 0 Å². The Labute approximate surface area is 170 Å². The Hall–Kier alpha value is -2.58. The molecule has 28 heavy (non-hydrogen) atoms. The molecule has 0 atom stereocenters. The summed E-state index contributed by atoms with van der Waals surface area (Å²) in [5.74, 6) is 0.185. The van der Waals surface area contributed by atoms with Crippen LogP contribution < -0.4 is 5.56 Å². The molecule has 0 radical (unpaired) electrons. The molecule has 3 heterocycles. The number of hydrogen-bond donors (Lipinski definition) is 2. The van der Waals surface area contributed by atoms with E-state index in [-0.39, 0.29) is 21.6 Å². The number of pyridine rings is 2. The summed E-state index contributed by atoms with van der Waals surface area (Å²) in [6.45, 7) is 8.70. The Morgan fingerprint density at radius 1 is 1.07 bits per heavy atom. The lowest BCUT2D eigenvalue weighted by molar-refractivity contribution is 0.0688. The zero-order valence-corrected chi connectivity index (χ0v) is 17.9. The van der Waals surface area contributed by atoms with Gasteiger partial charge in [0.2, 0.25) is 0 Å². The van der Waals surface area contributed by atoms with Gasteiger partial charge in [0.25, 0.3) is 5.56 Å². The van der Waals surface area contributed by atoms with Crippen molar-refractivity contribution < 1.29 is 10.2 Å². The molecular weight excluding hydrogens is 424 g/mol. The summed E-state index contributed by atoms with van der Waals surface area (Å²) in [4.78, 5) is 25.9. The molecule has 0 amide bonds. The van der Waals surface area contributed by atoms with Gasteiger partial charge in [0.05, 0.1) is 17.1 Å². The second kappa shape index (κ2) is 7.10. The normalized spacial score (nSPS) is 11.7. The third-order valence-corrected chi connectivity index (χ3v) is 5.14. The van der Waals surface area contributed by atoms with Crippen molar-refractivity contribution in [2.45, 2.75) is 40.2 Å². The van der Waals surface area contributed by atoms with Crippen LogP contribution in [0.15, 0.2) is 33.8 Å². The Bertz CT molecular complexity index is 1130. The van der Waals surface area contributed by atoms with Crippen molar-refractivity contribution in [3.63, 3.8) is 0 Å². The lowest BCUT2D eigenvalue weighted by atomic mass is 10.1. The fraction of sp³-hybridized carbons (Fsp3) is 0.300. The highest BCUT2D eigenvalue weighted by Gasteiger charge is 2.22. The van der Waals surface area contributed by atoms with Gasteiger partial charge in [0.1, 0.15) is 15.8 Å². The van der Waals surface area contributed by atoms with Gasteiger partial charge in [-0.2, -0.15) is 0 Å². The van der Waals surface area contributed by atoms with Crippen molar-refractivity contribution in [1.82, 2.24) is 19.5 Å². The maximum Gasteiger partial charge on any atom is 0.273 e. The summed E-state index contributed by atoms with van der Waals surface area (Å²) in [5.41, 5.74) is 2.39. The van der Waals surface area contributed by atoms with Crippen LogP contribution in [-0.2, 0) is 5.60 Å². The van der Waals surface area contributed by atoms with E-state index in [2.05, 4.69) is 30.9 Å². The van der Waals surface area contributed by atoms with Gasteiger partial charge >= 0.3 is 0 Å². The van der Waals surface area contributed by atoms with Crippen molar-refractivity contribution in [2.24, 2.45) is 0 Å². The molecule has 0 unspecified atom stereocenters. The minimum absolute atomic E-state index is 0.0957. The first-order valence-electron chi connectivity index (χ1n) is 8.65. The molecule has 0 saturated heterocycles. The standard InChI is InChI=1S/C20H21BrN4O3/c1-10-8-22-13(17-11(2)9-23-19(24-17)20(4,5)28)7-14(10)25-12(3)6-15(26)16(21)18(25)27/h6-9,26,28H,1-5H3. The zero-order valence-electron chi connectivity index (χ0n) is 16.3. The third-order valence-electron chi connectivity index (χ3n) is 4.39. The fourth-order valence-electron chi connectivity index (χ4n) is 2.87. The first-order valence-corrected chi connectivity index (χ1v) is 9.45. The van der Waals surface area contributed by atoms with Crippen molar-refractivity contribution in [1.29, 1.82) is 0 Å². The zero-order chi connectivity index (χ0) is 20.8. The van der Waals surface area contributed by atoms with E-state index in [0.29, 0.717) is 22.8 Å². The SMILES string of the molecule is Cc1cnc(-c2nc(C(C)(C)O)ncc2C)cc1-n1c(C)cc(O)c(Br)c1=O. The van der Waals surface area contributed by atoms with Gasteiger partial charge in [-0.05, 0) is 67.7 Å². The van der Waals surface area contributed by atoms with Crippen molar-refractivity contribution in [2.75, 3.05) is 0 Å². The highest BCUT2D eigenvalue weighted by Crippen LogP contribution is 2.27. The molecule has 7 nitrogen and oxygen atoms in total. The number of hydrogen-bond acceptors (Lipinski definition) is 6. The molecule has 8 heteroatoms. The van der Waals surface area contributed by atoms with E-state index in [0.717, 1.165) is 11.1 Å². The van der Waals surface area contributed by atoms with Crippen LogP contribution in [0, 0.1) is 20.8 Å². The molecule has 146 valence electrons. The van der Waals surface area contributed by atoms with Gasteiger partial charge in [0.15, 0.2) is 5.82 Å². The van der Waals surface area contributed by atoms with Crippen LogP contribution in [0.1, 0.15) is 36.5 Å². The smallest absolute Gasteiger partial charge is 0.273 e. The van der Waals surface area contributed by atoms with E-state index < -0.39 is 5.60 Å². The van der Waals surface area contributed by atoms with Gasteiger partial charge in [-0.3, -0.25) is 14.3 Å². The molecule has 2 N–H and O–H groups in total. The predicted molar refractivity (Wildman–Crippen MR) is 110 cm³/mol. The highest BCUT2D eigenvalue weighted by atomic mass is 79.9. The van der Waals surface area contributed by atoms with Crippen molar-refractivity contribution in [3.05, 3.63) is 62.0 Å². The van der Waals surface area contributed by atoms with Crippen LogP contribution in [0.2, 0.25) is 0 Å². The lowest BCUT2D eigenvalue weighted by Gasteiger charge is -2.18. The van der Waals surface area contributed by atoms with Gasteiger partial charge in [-0.25, -0.2) is 9.97 Å². The minimum atomic E-state index is -1.19. The van der Waals surface area contributed by atoms with Crippen LogP contribution in [0.25, 0.3) is 17.1 Å². The number of aromatic hydroxyl groups is 1. The molecule has 0 aliphatic carbocycles. The van der Waals surface area contributed by atoms with E-state index in [1.807, 2.05) is 13.8 Å². The van der Waals surface area contributed by atoms with Crippen LogP contribution in [0.4, 0.5) is 0 Å². The Morgan fingerprint density at radius 3 is 2.36 bits per heavy atom. The number of rotatable bonds is 3. The maximum atomic E-state index is 12.7. The summed E-state index contributed by atoms with van der Waals surface area (Å²) < 4.78 is 1.61. The number of aryl methyl sites for hydroxylation is 3. The summed E-state index contributed by atoms with van der Waals surface area (Å²) in [6, 6.07) is 3.30. The summed E-state index contributed by atoms with van der Waals surface area (Å²) in [6.07, 6.45) is 3.31. The van der Waals surface area contributed by atoms with E-state index >= 15 is 0 Å². The fourth-order valence-corrected chi connectivity index (χ4v) is 3.16. The quantitative estimate of drug-likeness (QED) is 0.642. The molecular formula is C20H21BrN4O3. The van der Waals surface area contributed by atoms with E-state index in [1.165, 1.54) is 10.6 Å². The first kappa shape index (κ1) is 20.2. The molecule has 0 saturated carbocycles. The Balaban J connectivity index is 2.26. The van der Waals surface area contributed by atoms with Gasteiger partial charge in [-0.15, -0.1) is 0 Å². The molecule has 0 aliphatic rings. The third kappa shape index (κ3) is 3.57. The second-order valence-corrected chi connectivity index (χ2v) is 8.06. The van der Waals surface area contributed by atoms with E-state index in [1.54, 1.807) is 39.2 Å². The van der Waals surface area contributed by atoms with Crippen molar-refractivity contribution >= 4 is 15.9 Å². The maximum absolute atomic E-state index is 12.7. The van der Waals surface area contributed by atoms with E-state index in [9.17, 15) is 15.0 Å². The number of aliphatic hydroxyl groups is 1. The molecule has 3 aromatic heterocycles. The average Bonchev–Trinajstić information content (AvgIpc) is 2.61. The molecule has 0 fully saturated rings. The second-order valence-electron chi connectivity index (χ2n) is 7.27. The molecule has 3 aromatic rings. The highest BCUT2D eigenvalue weighted by molar-refractivity contribution is 9.10. The topological polar surface area (TPSA) is 101 Å². The van der Waals surface area contributed by atoms with Gasteiger partial charge in [-0.1, -0.05) is 0 Å². The number of nitrogens with zero attached hydrogens (tertiary/aromatic N) is 4. The van der Waals surface area contributed by atoms with Crippen molar-refractivity contribution in [3.8, 4) is 22.8 Å². The lowest BCUT2D eigenvalue weighted by Crippen LogP contribution is -2.22. The summed E-state index contributed by atoms with van der Waals surface area (Å²) in [7, 11) is 0. The van der Waals surface area contributed by atoms with Crippen LogP contribution in [0.5, 0.6) is 5.75 Å². The first-order chi connectivity index (χ1) is 13.0. The van der Waals surface area contributed by atoms with Gasteiger partial charge in [0, 0.05) is 24.2 Å². The predicted octanol–water partition coefficient (Wildman–Crippen LogP) is 3.31. The Kier molecular flexibility index (Phi) is 5.12. The summed E-state index contributed by atoms with van der Waals surface area (Å²) in [5, 5.41) is 20.1. The van der Waals surface area contributed by atoms with Crippen LogP contribution in [-0.4, -0.2) is 29.7 Å². The molecule has 0 spiro atoms.